The van der Waals surface area contributed by atoms with E-state index in [9.17, 15) is 4.79 Å². The van der Waals surface area contributed by atoms with E-state index in [4.69, 9.17) is 0 Å². The van der Waals surface area contributed by atoms with Crippen LogP contribution in [-0.4, -0.2) is 12.3 Å². The van der Waals surface area contributed by atoms with E-state index in [0.29, 0.717) is 0 Å². The molecule has 0 aromatic heterocycles. The Hall–Kier alpha value is -0.620. The molecule has 16 heavy (non-hydrogen) atoms. The number of anilines is 1. The van der Waals surface area contributed by atoms with Gasteiger partial charge in [0.05, 0.1) is 0 Å². The number of carbonyl (C=O) groups excluding carboxylic acids is 1. The first kappa shape index (κ1) is 11.9. The first-order valence-corrected chi connectivity index (χ1v) is 6.62. The first-order chi connectivity index (χ1) is 7.72. The van der Waals surface area contributed by atoms with Crippen molar-refractivity contribution >= 4 is 50.5 Å². The van der Waals surface area contributed by atoms with Gasteiger partial charge in [-0.2, -0.15) is 0 Å². The molecule has 1 aromatic rings. The van der Waals surface area contributed by atoms with Crippen molar-refractivity contribution in [1.29, 1.82) is 0 Å². The summed E-state index contributed by atoms with van der Waals surface area (Å²) in [4.78, 5) is 13.1. The molecule has 0 amide bonds. The Morgan fingerprint density at radius 3 is 2.62 bits per heavy atom. The summed E-state index contributed by atoms with van der Waals surface area (Å²) in [6.45, 7) is 0. The molecule has 82 valence electrons. The Bertz CT molecular complexity index is 455. The van der Waals surface area contributed by atoms with Crippen LogP contribution in [0.1, 0.15) is 0 Å². The van der Waals surface area contributed by atoms with E-state index in [-0.39, 0.29) is 6.04 Å². The minimum atomic E-state index is -0.218. The molecule has 1 aliphatic heterocycles. The van der Waals surface area contributed by atoms with Gasteiger partial charge in [-0.3, -0.25) is 0 Å². The minimum Gasteiger partial charge on any atom is -0.332 e. The van der Waals surface area contributed by atoms with Crippen molar-refractivity contribution < 1.29 is 4.79 Å². The zero-order valence-electron chi connectivity index (χ0n) is 8.31. The van der Waals surface area contributed by atoms with Crippen LogP contribution < -0.4 is 4.90 Å². The third-order valence-corrected chi connectivity index (χ3v) is 3.69. The van der Waals surface area contributed by atoms with E-state index in [1.54, 1.807) is 0 Å². The maximum absolute atomic E-state index is 11.1. The number of allylic oxidation sites excluding steroid dienone is 2. The highest BCUT2D eigenvalue weighted by Crippen LogP contribution is 2.30. The van der Waals surface area contributed by atoms with Crippen molar-refractivity contribution in [2.75, 3.05) is 4.90 Å². The Labute approximate surface area is 116 Å². The zero-order chi connectivity index (χ0) is 11.5. The van der Waals surface area contributed by atoms with Gasteiger partial charge in [0.15, 0.2) is 0 Å². The van der Waals surface area contributed by atoms with Crippen molar-refractivity contribution in [1.82, 2.24) is 0 Å². The average Bonchev–Trinajstić information content (AvgIpc) is 2.29. The molecule has 1 atom stereocenters. The lowest BCUT2D eigenvalue weighted by Crippen LogP contribution is -2.34. The van der Waals surface area contributed by atoms with Gasteiger partial charge in [0, 0.05) is 19.9 Å². The van der Waals surface area contributed by atoms with Crippen LogP contribution in [-0.2, 0) is 4.79 Å². The van der Waals surface area contributed by atoms with E-state index in [0.717, 1.165) is 20.0 Å². The van der Waals surface area contributed by atoms with E-state index in [2.05, 4.69) is 38.5 Å². The third-order valence-electron chi connectivity index (χ3n) is 2.30. The second-order valence-electron chi connectivity index (χ2n) is 3.37. The van der Waals surface area contributed by atoms with Gasteiger partial charge in [0.25, 0.3) is 0 Å². The van der Waals surface area contributed by atoms with Gasteiger partial charge in [-0.1, -0.05) is 18.2 Å². The molecule has 1 unspecified atom stereocenters. The molecule has 0 radical (unpaired) electrons. The largest absolute Gasteiger partial charge is 0.332 e. The molecule has 0 aliphatic carbocycles. The predicted molar refractivity (Wildman–Crippen MR) is 77.9 cm³/mol. The molecule has 0 N–H and O–H groups in total. The summed E-state index contributed by atoms with van der Waals surface area (Å²) < 4.78 is 1.98. The number of hydrogen-bond donors (Lipinski definition) is 0. The molecule has 1 aromatic carbocycles. The topological polar surface area (TPSA) is 20.3 Å². The molecule has 4 heteroatoms. The SMILES string of the molecule is O=CC1C(I)=CC(Br)=CN1c1ccccc1. The number of aldehydes is 1. The van der Waals surface area contributed by atoms with E-state index in [1.807, 2.05) is 47.5 Å². The van der Waals surface area contributed by atoms with Gasteiger partial charge >= 0.3 is 0 Å². The minimum absolute atomic E-state index is 0.218. The van der Waals surface area contributed by atoms with Crippen LogP contribution in [0, 0.1) is 0 Å². The molecule has 0 saturated heterocycles. The second kappa shape index (κ2) is 5.14. The second-order valence-corrected chi connectivity index (χ2v) is 5.53. The van der Waals surface area contributed by atoms with E-state index >= 15 is 0 Å². The van der Waals surface area contributed by atoms with Gasteiger partial charge < -0.3 is 9.69 Å². The number of halogens is 2. The van der Waals surface area contributed by atoms with Crippen LogP contribution in [0.25, 0.3) is 0 Å². The molecule has 1 heterocycles. The van der Waals surface area contributed by atoms with Crippen molar-refractivity contribution in [3.05, 3.63) is 50.7 Å². The highest BCUT2D eigenvalue weighted by molar-refractivity contribution is 14.1. The maximum Gasteiger partial charge on any atom is 0.147 e. The Morgan fingerprint density at radius 1 is 1.31 bits per heavy atom. The summed E-state index contributed by atoms with van der Waals surface area (Å²) in [5.41, 5.74) is 1.01. The molecular weight excluding hydrogens is 381 g/mol. The summed E-state index contributed by atoms with van der Waals surface area (Å²) in [6, 6.07) is 9.65. The Morgan fingerprint density at radius 2 is 2.00 bits per heavy atom. The maximum atomic E-state index is 11.1. The van der Waals surface area contributed by atoms with Crippen molar-refractivity contribution in [2.24, 2.45) is 0 Å². The summed E-state index contributed by atoms with van der Waals surface area (Å²) in [5.74, 6) is 0. The fourth-order valence-electron chi connectivity index (χ4n) is 1.57. The van der Waals surface area contributed by atoms with Gasteiger partial charge in [0.2, 0.25) is 0 Å². The molecule has 1 aliphatic rings. The van der Waals surface area contributed by atoms with Crippen molar-refractivity contribution in [3.8, 4) is 0 Å². The highest BCUT2D eigenvalue weighted by atomic mass is 127. The smallest absolute Gasteiger partial charge is 0.147 e. The number of benzene rings is 1. The lowest BCUT2D eigenvalue weighted by Gasteiger charge is -2.29. The summed E-state index contributed by atoms with van der Waals surface area (Å²) in [5, 5.41) is 0. The van der Waals surface area contributed by atoms with Crippen LogP contribution in [0.2, 0.25) is 0 Å². The molecule has 2 nitrogen and oxygen atoms in total. The number of nitrogens with zero attached hydrogens (tertiary/aromatic N) is 1. The predicted octanol–water partition coefficient (Wildman–Crippen LogP) is 3.63. The van der Waals surface area contributed by atoms with E-state index < -0.39 is 0 Å². The number of hydrogen-bond acceptors (Lipinski definition) is 2. The van der Waals surface area contributed by atoms with Gasteiger partial charge in [0.1, 0.15) is 12.3 Å². The molecule has 0 spiro atoms. The zero-order valence-corrected chi connectivity index (χ0v) is 12.1. The van der Waals surface area contributed by atoms with Crippen LogP contribution in [0.15, 0.2) is 50.7 Å². The lowest BCUT2D eigenvalue weighted by molar-refractivity contribution is -0.108. The standard InChI is InChI=1S/C12H9BrINO/c13-9-6-11(14)12(8-16)15(7-9)10-4-2-1-3-5-10/h1-8,12H. The molecule has 0 fully saturated rings. The van der Waals surface area contributed by atoms with Gasteiger partial charge in [-0.15, -0.1) is 0 Å². The number of rotatable bonds is 2. The van der Waals surface area contributed by atoms with Crippen LogP contribution >= 0.6 is 38.5 Å². The summed E-state index contributed by atoms with van der Waals surface area (Å²) in [7, 11) is 0. The highest BCUT2D eigenvalue weighted by Gasteiger charge is 2.23. The summed E-state index contributed by atoms with van der Waals surface area (Å²) >= 11 is 5.64. The van der Waals surface area contributed by atoms with Gasteiger partial charge in [-0.05, 0) is 56.7 Å². The fraction of sp³-hybridized carbons (Fsp3) is 0.0833. The Balaban J connectivity index is 2.41. The quantitative estimate of drug-likeness (QED) is 0.568. The molecule has 2 rings (SSSR count). The summed E-state index contributed by atoms with van der Waals surface area (Å²) in [6.07, 6.45) is 4.84. The Kier molecular flexibility index (Phi) is 3.81. The molecular formula is C12H9BrINO. The van der Waals surface area contributed by atoms with Crippen LogP contribution in [0.3, 0.4) is 0 Å². The van der Waals surface area contributed by atoms with Crippen LogP contribution in [0.4, 0.5) is 5.69 Å². The lowest BCUT2D eigenvalue weighted by atomic mass is 10.1. The molecule has 0 bridgehead atoms. The first-order valence-electron chi connectivity index (χ1n) is 4.75. The molecule has 0 saturated carbocycles. The van der Waals surface area contributed by atoms with Crippen molar-refractivity contribution in [3.63, 3.8) is 0 Å². The fourth-order valence-corrected chi connectivity index (χ4v) is 3.24. The van der Waals surface area contributed by atoms with Crippen molar-refractivity contribution in [2.45, 2.75) is 6.04 Å². The number of para-hydroxylation sites is 1. The number of carbonyl (C=O) groups is 1. The van der Waals surface area contributed by atoms with Crippen LogP contribution in [0.5, 0.6) is 0 Å². The van der Waals surface area contributed by atoms with E-state index in [1.165, 1.54) is 0 Å². The third kappa shape index (κ3) is 2.38. The normalized spacial score (nSPS) is 20.1. The van der Waals surface area contributed by atoms with Gasteiger partial charge in [-0.25, -0.2) is 0 Å². The average molecular weight is 390 g/mol. The monoisotopic (exact) mass is 389 g/mol.